The van der Waals surface area contributed by atoms with Crippen molar-refractivity contribution < 1.29 is 18.7 Å². The molecule has 2 aromatic rings. The van der Waals surface area contributed by atoms with Crippen LogP contribution in [0.3, 0.4) is 0 Å². The van der Waals surface area contributed by atoms with Gasteiger partial charge in [-0.1, -0.05) is 19.1 Å². The Morgan fingerprint density at radius 3 is 2.50 bits per heavy atom. The Labute approximate surface area is 165 Å². The topological polar surface area (TPSA) is 83.8 Å². The quantitative estimate of drug-likeness (QED) is 0.799. The van der Waals surface area contributed by atoms with Gasteiger partial charge in [-0.25, -0.2) is 4.79 Å². The second-order valence-electron chi connectivity index (χ2n) is 6.90. The molecule has 1 saturated heterocycles. The molecule has 0 saturated carbocycles. The number of amides is 3. The Morgan fingerprint density at radius 1 is 1.21 bits per heavy atom. The zero-order valence-electron chi connectivity index (χ0n) is 16.3. The molecule has 7 heteroatoms. The number of furan rings is 1. The highest BCUT2D eigenvalue weighted by Gasteiger charge is 2.26. The molecule has 1 aliphatic heterocycles. The molecular weight excluding hydrogens is 358 g/mol. The largest absolute Gasteiger partial charge is 0.497 e. The minimum Gasteiger partial charge on any atom is -0.497 e. The zero-order valence-corrected chi connectivity index (χ0v) is 16.3. The number of ether oxygens (including phenoxy) is 1. The smallest absolute Gasteiger partial charge is 0.315 e. The number of urea groups is 1. The number of rotatable bonds is 6. The lowest BCUT2D eigenvalue weighted by molar-refractivity contribution is 0.0676. The van der Waals surface area contributed by atoms with Gasteiger partial charge in [-0.2, -0.15) is 0 Å². The molecule has 1 fully saturated rings. The van der Waals surface area contributed by atoms with Crippen LogP contribution in [-0.4, -0.2) is 43.1 Å². The van der Waals surface area contributed by atoms with Gasteiger partial charge in [-0.05, 0) is 49.1 Å². The van der Waals surface area contributed by atoms with E-state index in [1.807, 2.05) is 31.2 Å². The minimum atomic E-state index is -0.182. The Morgan fingerprint density at radius 2 is 1.93 bits per heavy atom. The predicted octanol–water partition coefficient (Wildman–Crippen LogP) is 3.34. The summed E-state index contributed by atoms with van der Waals surface area (Å²) in [6.07, 6.45) is 3.73. The molecule has 1 aromatic carbocycles. The summed E-state index contributed by atoms with van der Waals surface area (Å²) in [4.78, 5) is 26.5. The van der Waals surface area contributed by atoms with Gasteiger partial charge in [0.2, 0.25) is 0 Å². The van der Waals surface area contributed by atoms with E-state index in [2.05, 4.69) is 10.6 Å². The molecule has 7 nitrogen and oxygen atoms in total. The lowest BCUT2D eigenvalue weighted by atomic mass is 10.0. The summed E-state index contributed by atoms with van der Waals surface area (Å²) in [5.41, 5.74) is 1.04. The van der Waals surface area contributed by atoms with Crippen LogP contribution in [0.25, 0.3) is 0 Å². The number of hydrogen-bond donors (Lipinski definition) is 2. The highest BCUT2D eigenvalue weighted by molar-refractivity contribution is 5.91. The summed E-state index contributed by atoms with van der Waals surface area (Å²) in [7, 11) is 1.63. The van der Waals surface area contributed by atoms with E-state index in [-0.39, 0.29) is 24.0 Å². The fraction of sp³-hybridized carbons (Fsp3) is 0.429. The third-order valence-corrected chi connectivity index (χ3v) is 5.08. The first kappa shape index (κ1) is 19.8. The number of nitrogens with one attached hydrogen (secondary N) is 2. The first-order chi connectivity index (χ1) is 13.6. The number of benzene rings is 1. The van der Waals surface area contributed by atoms with Crippen LogP contribution in [0, 0.1) is 0 Å². The normalized spacial score (nSPS) is 15.7. The number of likely N-dealkylation sites (tertiary alicyclic amines) is 1. The maximum Gasteiger partial charge on any atom is 0.315 e. The molecule has 1 aliphatic rings. The number of carbonyl (C=O) groups is 2. The summed E-state index contributed by atoms with van der Waals surface area (Å²) in [5.74, 6) is 1.05. The number of hydrogen-bond acceptors (Lipinski definition) is 4. The maximum absolute atomic E-state index is 12.4. The van der Waals surface area contributed by atoms with Crippen molar-refractivity contribution >= 4 is 11.9 Å². The summed E-state index contributed by atoms with van der Waals surface area (Å²) < 4.78 is 10.4. The third kappa shape index (κ3) is 4.85. The van der Waals surface area contributed by atoms with Gasteiger partial charge in [0.1, 0.15) is 5.75 Å². The summed E-state index contributed by atoms with van der Waals surface area (Å²) in [6, 6.07) is 10.9. The molecule has 2 heterocycles. The average molecular weight is 385 g/mol. The van der Waals surface area contributed by atoms with Gasteiger partial charge in [0.25, 0.3) is 5.91 Å². The summed E-state index contributed by atoms with van der Waals surface area (Å²) in [6.45, 7) is 3.23. The lowest BCUT2D eigenvalue weighted by Gasteiger charge is -2.32. The molecule has 3 rings (SSSR count). The van der Waals surface area contributed by atoms with Gasteiger partial charge in [0.05, 0.1) is 19.4 Å². The maximum atomic E-state index is 12.4. The van der Waals surface area contributed by atoms with Crippen LogP contribution in [0.15, 0.2) is 47.1 Å². The molecular formula is C21H27N3O4. The van der Waals surface area contributed by atoms with Crippen molar-refractivity contribution in [3.05, 3.63) is 54.0 Å². The Hall–Kier alpha value is -2.96. The van der Waals surface area contributed by atoms with Gasteiger partial charge in [0.15, 0.2) is 5.76 Å². The van der Waals surface area contributed by atoms with E-state index in [9.17, 15) is 9.59 Å². The Kier molecular flexibility index (Phi) is 6.57. The van der Waals surface area contributed by atoms with Crippen molar-refractivity contribution in [2.75, 3.05) is 20.2 Å². The highest BCUT2D eigenvalue weighted by Crippen LogP contribution is 2.20. The molecule has 28 heavy (non-hydrogen) atoms. The monoisotopic (exact) mass is 385 g/mol. The van der Waals surface area contributed by atoms with Crippen molar-refractivity contribution in [2.45, 2.75) is 38.3 Å². The molecule has 0 aliphatic carbocycles. The SMILES string of the molecule is CCC(NC(=O)NC1CCN(C(=O)c2ccco2)CC1)c1ccc(OC)cc1. The minimum absolute atomic E-state index is 0.0500. The van der Waals surface area contributed by atoms with Crippen LogP contribution in [0.2, 0.25) is 0 Å². The number of carbonyl (C=O) groups excluding carboxylic acids is 2. The van der Waals surface area contributed by atoms with Crippen molar-refractivity contribution in [1.82, 2.24) is 15.5 Å². The Balaban J connectivity index is 1.47. The predicted molar refractivity (Wildman–Crippen MR) is 105 cm³/mol. The van der Waals surface area contributed by atoms with Crippen molar-refractivity contribution in [2.24, 2.45) is 0 Å². The molecule has 1 atom stereocenters. The number of methoxy groups -OCH3 is 1. The van der Waals surface area contributed by atoms with Crippen LogP contribution < -0.4 is 15.4 Å². The molecule has 1 unspecified atom stereocenters. The van der Waals surface area contributed by atoms with Crippen LogP contribution in [0.1, 0.15) is 48.3 Å². The second-order valence-corrected chi connectivity index (χ2v) is 6.90. The first-order valence-electron chi connectivity index (χ1n) is 9.64. The van der Waals surface area contributed by atoms with Gasteiger partial charge in [-0.15, -0.1) is 0 Å². The van der Waals surface area contributed by atoms with E-state index < -0.39 is 0 Å². The van der Waals surface area contributed by atoms with Crippen LogP contribution in [0.4, 0.5) is 4.79 Å². The van der Waals surface area contributed by atoms with Crippen molar-refractivity contribution in [1.29, 1.82) is 0 Å². The highest BCUT2D eigenvalue weighted by atomic mass is 16.5. The van der Waals surface area contributed by atoms with Gasteiger partial charge in [0, 0.05) is 19.1 Å². The van der Waals surface area contributed by atoms with Gasteiger partial charge in [-0.3, -0.25) is 4.79 Å². The summed E-state index contributed by atoms with van der Waals surface area (Å²) in [5, 5.41) is 6.07. The fourth-order valence-electron chi connectivity index (χ4n) is 3.43. The number of piperidine rings is 1. The number of nitrogens with zero attached hydrogens (tertiary/aromatic N) is 1. The van der Waals surface area contributed by atoms with E-state index in [1.165, 1.54) is 6.26 Å². The van der Waals surface area contributed by atoms with Crippen molar-refractivity contribution in [3.63, 3.8) is 0 Å². The molecule has 0 radical (unpaired) electrons. The van der Waals surface area contributed by atoms with Crippen LogP contribution in [0.5, 0.6) is 5.75 Å². The van der Waals surface area contributed by atoms with Gasteiger partial charge < -0.3 is 24.7 Å². The van der Waals surface area contributed by atoms with E-state index in [1.54, 1.807) is 24.1 Å². The molecule has 0 spiro atoms. The standard InChI is InChI=1S/C21H27N3O4/c1-3-18(15-6-8-17(27-2)9-7-15)23-21(26)22-16-10-12-24(13-11-16)20(25)19-5-4-14-28-19/h4-9,14,16,18H,3,10-13H2,1-2H3,(H2,22,23,26). The van der Waals surface area contributed by atoms with E-state index in [4.69, 9.17) is 9.15 Å². The summed E-state index contributed by atoms with van der Waals surface area (Å²) >= 11 is 0. The molecule has 150 valence electrons. The zero-order chi connectivity index (χ0) is 19.9. The van der Waals surface area contributed by atoms with Crippen LogP contribution in [-0.2, 0) is 0 Å². The Bertz CT molecular complexity index is 765. The molecule has 3 amide bonds. The fourth-order valence-corrected chi connectivity index (χ4v) is 3.43. The molecule has 0 bridgehead atoms. The van der Waals surface area contributed by atoms with Gasteiger partial charge >= 0.3 is 6.03 Å². The van der Waals surface area contributed by atoms with E-state index >= 15 is 0 Å². The molecule has 2 N–H and O–H groups in total. The van der Waals surface area contributed by atoms with Crippen molar-refractivity contribution in [3.8, 4) is 5.75 Å². The first-order valence-corrected chi connectivity index (χ1v) is 9.64. The lowest BCUT2D eigenvalue weighted by Crippen LogP contribution is -2.49. The second kappa shape index (κ2) is 9.30. The average Bonchev–Trinajstić information content (AvgIpc) is 3.27. The van der Waals surface area contributed by atoms with E-state index in [0.717, 1.165) is 30.6 Å². The van der Waals surface area contributed by atoms with Crippen LogP contribution >= 0.6 is 0 Å². The van der Waals surface area contributed by atoms with E-state index in [0.29, 0.717) is 18.8 Å². The third-order valence-electron chi connectivity index (χ3n) is 5.08. The molecule has 1 aromatic heterocycles.